The van der Waals surface area contributed by atoms with Gasteiger partial charge < -0.3 is 5.32 Å². The minimum atomic E-state index is -0.0105. The number of rotatable bonds is 1. The van der Waals surface area contributed by atoms with Crippen LogP contribution in [0.3, 0.4) is 0 Å². The molecule has 1 rings (SSSR count). The zero-order chi connectivity index (χ0) is 11.6. The van der Waals surface area contributed by atoms with Gasteiger partial charge in [0.1, 0.15) is 0 Å². The molecule has 0 heterocycles. The van der Waals surface area contributed by atoms with Crippen molar-refractivity contribution >= 4 is 5.91 Å². The number of hydrogen-bond donors (Lipinski definition) is 1. The van der Waals surface area contributed by atoms with Gasteiger partial charge in [0.2, 0.25) is 0 Å². The fourth-order valence-corrected chi connectivity index (χ4v) is 1.99. The molecule has 82 valence electrons. The number of aryl methyl sites for hydroxylation is 1. The van der Waals surface area contributed by atoms with Crippen LogP contribution in [0.25, 0.3) is 0 Å². The van der Waals surface area contributed by atoms with Gasteiger partial charge in [0.25, 0.3) is 5.91 Å². The minimum absolute atomic E-state index is 0.00676. The molecule has 0 aliphatic rings. The van der Waals surface area contributed by atoms with Crippen LogP contribution in [0.5, 0.6) is 0 Å². The Morgan fingerprint density at radius 2 is 1.87 bits per heavy atom. The number of carbonyl (C=O) groups is 1. The predicted molar refractivity (Wildman–Crippen MR) is 63.3 cm³/mol. The first kappa shape index (κ1) is 11.8. The molecule has 15 heavy (non-hydrogen) atoms. The summed E-state index contributed by atoms with van der Waals surface area (Å²) < 4.78 is 0. The third kappa shape index (κ3) is 2.38. The summed E-state index contributed by atoms with van der Waals surface area (Å²) in [5.41, 5.74) is 3.07. The van der Waals surface area contributed by atoms with Crippen LogP contribution in [0.2, 0.25) is 0 Å². The molecule has 0 saturated carbocycles. The van der Waals surface area contributed by atoms with Gasteiger partial charge in [-0.05, 0) is 29.5 Å². The molecule has 0 bridgehead atoms. The van der Waals surface area contributed by atoms with E-state index in [-0.39, 0.29) is 11.3 Å². The molecule has 1 amide bonds. The number of amides is 1. The van der Waals surface area contributed by atoms with Gasteiger partial charge in [-0.2, -0.15) is 0 Å². The Hall–Kier alpha value is -1.31. The topological polar surface area (TPSA) is 29.1 Å². The van der Waals surface area contributed by atoms with Gasteiger partial charge in [0.05, 0.1) is 0 Å². The highest BCUT2D eigenvalue weighted by molar-refractivity contribution is 5.96. The number of carbonyl (C=O) groups excluding carboxylic acids is 1. The standard InChI is InChI=1S/C13H19NO/c1-9-7-6-8-10(12(15)14-5)11(9)13(2,3)4/h6-8H,1-5H3,(H,14,15). The van der Waals surface area contributed by atoms with E-state index in [1.165, 1.54) is 5.56 Å². The van der Waals surface area contributed by atoms with Crippen molar-refractivity contribution in [3.8, 4) is 0 Å². The molecular formula is C13H19NO. The first-order valence-corrected chi connectivity index (χ1v) is 5.20. The van der Waals surface area contributed by atoms with Crippen LogP contribution in [-0.4, -0.2) is 13.0 Å². The Morgan fingerprint density at radius 1 is 1.27 bits per heavy atom. The van der Waals surface area contributed by atoms with Crippen LogP contribution < -0.4 is 5.32 Å². The SMILES string of the molecule is CNC(=O)c1cccc(C)c1C(C)(C)C. The first-order chi connectivity index (χ1) is 6.88. The second-order valence-corrected chi connectivity index (χ2v) is 4.83. The molecule has 0 atom stereocenters. The summed E-state index contributed by atoms with van der Waals surface area (Å²) in [7, 11) is 1.66. The molecule has 0 spiro atoms. The van der Waals surface area contributed by atoms with Gasteiger partial charge in [-0.15, -0.1) is 0 Å². The molecule has 0 aliphatic heterocycles. The van der Waals surface area contributed by atoms with Crippen LogP contribution in [0.15, 0.2) is 18.2 Å². The van der Waals surface area contributed by atoms with Crippen LogP contribution >= 0.6 is 0 Å². The third-order valence-corrected chi connectivity index (χ3v) is 2.49. The zero-order valence-corrected chi connectivity index (χ0v) is 10.1. The van der Waals surface area contributed by atoms with Gasteiger partial charge in [0.15, 0.2) is 0 Å². The molecule has 0 unspecified atom stereocenters. The van der Waals surface area contributed by atoms with Gasteiger partial charge in [-0.25, -0.2) is 0 Å². The molecule has 0 aromatic heterocycles. The van der Waals surface area contributed by atoms with Crippen LogP contribution in [-0.2, 0) is 5.41 Å². The molecule has 1 aromatic carbocycles. The Morgan fingerprint density at radius 3 is 2.33 bits per heavy atom. The van der Waals surface area contributed by atoms with Crippen LogP contribution in [0.4, 0.5) is 0 Å². The average molecular weight is 205 g/mol. The van der Waals surface area contributed by atoms with Gasteiger partial charge in [0, 0.05) is 12.6 Å². The van der Waals surface area contributed by atoms with E-state index in [0.29, 0.717) is 0 Å². The zero-order valence-electron chi connectivity index (χ0n) is 10.1. The van der Waals surface area contributed by atoms with Gasteiger partial charge in [-0.1, -0.05) is 32.9 Å². The van der Waals surface area contributed by atoms with Crippen molar-refractivity contribution in [3.05, 3.63) is 34.9 Å². The quantitative estimate of drug-likeness (QED) is 0.750. The second-order valence-electron chi connectivity index (χ2n) is 4.83. The Kier molecular flexibility index (Phi) is 3.18. The highest BCUT2D eigenvalue weighted by Gasteiger charge is 2.22. The van der Waals surface area contributed by atoms with E-state index in [1.54, 1.807) is 7.05 Å². The Balaban J connectivity index is 3.40. The van der Waals surface area contributed by atoms with Crippen LogP contribution in [0, 0.1) is 6.92 Å². The summed E-state index contributed by atoms with van der Waals surface area (Å²) in [5, 5.41) is 2.68. The number of benzene rings is 1. The summed E-state index contributed by atoms with van der Waals surface area (Å²) in [6.45, 7) is 8.43. The second kappa shape index (κ2) is 4.05. The van der Waals surface area contributed by atoms with Crippen molar-refractivity contribution in [2.24, 2.45) is 0 Å². The molecule has 0 saturated heterocycles. The highest BCUT2D eigenvalue weighted by atomic mass is 16.1. The lowest BCUT2D eigenvalue weighted by molar-refractivity contribution is 0.0961. The maximum Gasteiger partial charge on any atom is 0.251 e. The molecule has 1 N–H and O–H groups in total. The Bertz CT molecular complexity index is 375. The van der Waals surface area contributed by atoms with Gasteiger partial charge in [-0.3, -0.25) is 4.79 Å². The van der Waals surface area contributed by atoms with E-state index in [9.17, 15) is 4.79 Å². The lowest BCUT2D eigenvalue weighted by Crippen LogP contribution is -2.25. The van der Waals surface area contributed by atoms with Crippen molar-refractivity contribution in [2.45, 2.75) is 33.1 Å². The molecule has 2 heteroatoms. The van der Waals surface area contributed by atoms with E-state index in [1.807, 2.05) is 25.1 Å². The van der Waals surface area contributed by atoms with E-state index >= 15 is 0 Å². The van der Waals surface area contributed by atoms with Crippen molar-refractivity contribution in [1.29, 1.82) is 0 Å². The van der Waals surface area contributed by atoms with Gasteiger partial charge >= 0.3 is 0 Å². The molecule has 2 nitrogen and oxygen atoms in total. The van der Waals surface area contributed by atoms with Crippen molar-refractivity contribution in [3.63, 3.8) is 0 Å². The molecule has 0 aliphatic carbocycles. The summed E-state index contributed by atoms with van der Waals surface area (Å²) in [6.07, 6.45) is 0. The minimum Gasteiger partial charge on any atom is -0.355 e. The number of hydrogen-bond acceptors (Lipinski definition) is 1. The highest BCUT2D eigenvalue weighted by Crippen LogP contribution is 2.28. The summed E-state index contributed by atoms with van der Waals surface area (Å²) >= 11 is 0. The molecule has 0 fully saturated rings. The van der Waals surface area contributed by atoms with Crippen molar-refractivity contribution in [1.82, 2.24) is 5.32 Å². The monoisotopic (exact) mass is 205 g/mol. The summed E-state index contributed by atoms with van der Waals surface area (Å²) in [4.78, 5) is 11.7. The third-order valence-electron chi connectivity index (χ3n) is 2.49. The fraction of sp³-hybridized carbons (Fsp3) is 0.462. The lowest BCUT2D eigenvalue weighted by Gasteiger charge is -2.24. The largest absolute Gasteiger partial charge is 0.355 e. The molecular weight excluding hydrogens is 186 g/mol. The molecule has 1 aromatic rings. The predicted octanol–water partition coefficient (Wildman–Crippen LogP) is 2.65. The van der Waals surface area contributed by atoms with Crippen molar-refractivity contribution < 1.29 is 4.79 Å². The first-order valence-electron chi connectivity index (χ1n) is 5.20. The van der Waals surface area contributed by atoms with E-state index in [4.69, 9.17) is 0 Å². The van der Waals surface area contributed by atoms with E-state index < -0.39 is 0 Å². The maximum absolute atomic E-state index is 11.7. The number of nitrogens with one attached hydrogen (secondary N) is 1. The smallest absolute Gasteiger partial charge is 0.251 e. The summed E-state index contributed by atoms with van der Waals surface area (Å²) in [5.74, 6) is -0.0105. The van der Waals surface area contributed by atoms with Crippen molar-refractivity contribution in [2.75, 3.05) is 7.05 Å². The van der Waals surface area contributed by atoms with E-state index in [2.05, 4.69) is 26.1 Å². The molecule has 0 radical (unpaired) electrons. The Labute approximate surface area is 91.7 Å². The average Bonchev–Trinajstić information content (AvgIpc) is 2.14. The van der Waals surface area contributed by atoms with E-state index in [0.717, 1.165) is 11.1 Å². The van der Waals surface area contributed by atoms with Crippen LogP contribution in [0.1, 0.15) is 42.3 Å². The lowest BCUT2D eigenvalue weighted by atomic mass is 9.81. The fourth-order valence-electron chi connectivity index (χ4n) is 1.99. The summed E-state index contributed by atoms with van der Waals surface area (Å²) in [6, 6.07) is 5.86. The normalized spacial score (nSPS) is 11.3. The maximum atomic E-state index is 11.7.